The second kappa shape index (κ2) is 5.40. The molecule has 1 amide bonds. The van der Waals surface area contributed by atoms with Crippen molar-refractivity contribution < 1.29 is 9.18 Å². The predicted molar refractivity (Wildman–Crippen MR) is 66.5 cm³/mol. The molecule has 92 valence electrons. The normalized spacial score (nSPS) is 11.9. The first-order valence-electron chi connectivity index (χ1n) is 5.63. The van der Waals surface area contributed by atoms with Gasteiger partial charge in [0.2, 0.25) is 0 Å². The van der Waals surface area contributed by atoms with Crippen LogP contribution in [-0.2, 0) is 0 Å². The van der Waals surface area contributed by atoms with E-state index in [0.717, 1.165) is 5.56 Å². The van der Waals surface area contributed by atoms with Crippen molar-refractivity contribution in [2.75, 3.05) is 0 Å². The molecule has 3 nitrogen and oxygen atoms in total. The molecule has 0 bridgehead atoms. The summed E-state index contributed by atoms with van der Waals surface area (Å²) in [5, 5.41) is 2.79. The molecule has 1 heterocycles. The third-order valence-electron chi connectivity index (χ3n) is 2.62. The Labute approximate surface area is 105 Å². The lowest BCUT2D eigenvalue weighted by atomic mass is 10.1. The molecule has 0 saturated carbocycles. The summed E-state index contributed by atoms with van der Waals surface area (Å²) in [4.78, 5) is 15.7. The average Bonchev–Trinajstić information content (AvgIpc) is 2.39. The summed E-state index contributed by atoms with van der Waals surface area (Å²) in [6.07, 6.45) is 3.10. The minimum absolute atomic E-state index is 0.222. The van der Waals surface area contributed by atoms with Gasteiger partial charge in [0.1, 0.15) is 5.82 Å². The molecule has 0 fully saturated rings. The van der Waals surface area contributed by atoms with Crippen LogP contribution in [0.25, 0.3) is 0 Å². The van der Waals surface area contributed by atoms with Gasteiger partial charge in [-0.05, 0) is 36.8 Å². The van der Waals surface area contributed by atoms with E-state index in [1.165, 1.54) is 18.3 Å². The molecule has 0 aliphatic rings. The number of carbonyl (C=O) groups excluding carboxylic acids is 1. The van der Waals surface area contributed by atoms with Crippen LogP contribution < -0.4 is 5.32 Å². The molecule has 1 N–H and O–H groups in total. The van der Waals surface area contributed by atoms with Gasteiger partial charge < -0.3 is 5.32 Å². The first kappa shape index (κ1) is 12.2. The van der Waals surface area contributed by atoms with E-state index in [4.69, 9.17) is 0 Å². The van der Waals surface area contributed by atoms with Crippen LogP contribution in [0, 0.1) is 5.82 Å². The zero-order chi connectivity index (χ0) is 13.0. The van der Waals surface area contributed by atoms with Gasteiger partial charge in [-0.25, -0.2) is 4.39 Å². The fourth-order valence-electron chi connectivity index (χ4n) is 1.64. The summed E-state index contributed by atoms with van der Waals surface area (Å²) < 4.78 is 13.1. The predicted octanol–water partition coefficient (Wildman–Crippen LogP) is 2.71. The highest BCUT2D eigenvalue weighted by Gasteiger charge is 2.11. The van der Waals surface area contributed by atoms with Crippen molar-refractivity contribution >= 4 is 5.91 Å². The smallest absolute Gasteiger partial charge is 0.253 e. The van der Waals surface area contributed by atoms with Crippen molar-refractivity contribution in [3.63, 3.8) is 0 Å². The van der Waals surface area contributed by atoms with Gasteiger partial charge in [-0.15, -0.1) is 0 Å². The summed E-state index contributed by atoms with van der Waals surface area (Å²) in [5.74, 6) is -0.533. The third-order valence-corrected chi connectivity index (χ3v) is 2.62. The maximum absolute atomic E-state index is 13.1. The third kappa shape index (κ3) is 2.91. The molecule has 18 heavy (non-hydrogen) atoms. The minimum atomic E-state index is -0.310. The average molecular weight is 244 g/mol. The number of nitrogens with one attached hydrogen (secondary N) is 1. The molecule has 0 unspecified atom stereocenters. The molecule has 2 aromatic rings. The van der Waals surface area contributed by atoms with Crippen LogP contribution in [-0.4, -0.2) is 10.9 Å². The summed E-state index contributed by atoms with van der Waals surface area (Å²) >= 11 is 0. The minimum Gasteiger partial charge on any atom is -0.345 e. The maximum atomic E-state index is 13.1. The molecule has 0 aliphatic carbocycles. The Hall–Kier alpha value is -2.23. The lowest BCUT2D eigenvalue weighted by Gasteiger charge is -2.14. The molecule has 0 saturated heterocycles. The molecule has 1 atom stereocenters. The first-order valence-corrected chi connectivity index (χ1v) is 5.63. The van der Waals surface area contributed by atoms with Crippen molar-refractivity contribution in [1.82, 2.24) is 10.3 Å². The number of amides is 1. The number of pyridine rings is 1. The zero-order valence-electron chi connectivity index (χ0n) is 9.93. The Morgan fingerprint density at radius 3 is 2.83 bits per heavy atom. The van der Waals surface area contributed by atoms with Crippen LogP contribution in [0.5, 0.6) is 0 Å². The van der Waals surface area contributed by atoms with Crippen LogP contribution in [0.2, 0.25) is 0 Å². The number of benzene rings is 1. The molecule has 1 aromatic heterocycles. The van der Waals surface area contributed by atoms with Gasteiger partial charge in [-0.3, -0.25) is 9.78 Å². The number of hydrogen-bond donors (Lipinski definition) is 1. The van der Waals surface area contributed by atoms with Gasteiger partial charge in [0.25, 0.3) is 5.91 Å². The largest absolute Gasteiger partial charge is 0.345 e. The van der Waals surface area contributed by atoms with Crippen LogP contribution in [0.4, 0.5) is 4.39 Å². The Kier molecular flexibility index (Phi) is 3.67. The molecule has 2 rings (SSSR count). The maximum Gasteiger partial charge on any atom is 0.253 e. The number of carbonyl (C=O) groups is 1. The lowest BCUT2D eigenvalue weighted by Crippen LogP contribution is -2.26. The van der Waals surface area contributed by atoms with Crippen LogP contribution in [0.3, 0.4) is 0 Å². The van der Waals surface area contributed by atoms with Gasteiger partial charge in [0, 0.05) is 12.4 Å². The van der Waals surface area contributed by atoms with Crippen molar-refractivity contribution in [2.24, 2.45) is 0 Å². The van der Waals surface area contributed by atoms with E-state index in [-0.39, 0.29) is 17.8 Å². The van der Waals surface area contributed by atoms with Gasteiger partial charge in [-0.1, -0.05) is 12.1 Å². The zero-order valence-corrected chi connectivity index (χ0v) is 9.93. The molecule has 4 heteroatoms. The molecule has 0 spiro atoms. The second-order valence-electron chi connectivity index (χ2n) is 3.99. The SMILES string of the molecule is C[C@@H](NC(=O)c1cccnc1)c1cccc(F)c1. The highest BCUT2D eigenvalue weighted by atomic mass is 19.1. The van der Waals surface area contributed by atoms with E-state index in [0.29, 0.717) is 5.56 Å². The fraction of sp³-hybridized carbons (Fsp3) is 0.143. The molecule has 0 aliphatic heterocycles. The van der Waals surface area contributed by atoms with Crippen LogP contribution in [0.1, 0.15) is 28.9 Å². The first-order chi connectivity index (χ1) is 8.66. The summed E-state index contributed by atoms with van der Waals surface area (Å²) in [6, 6.07) is 9.30. The lowest BCUT2D eigenvalue weighted by molar-refractivity contribution is 0.0939. The molecular formula is C14H13FN2O. The van der Waals surface area contributed by atoms with Gasteiger partial charge in [0.05, 0.1) is 11.6 Å². The number of aromatic nitrogens is 1. The second-order valence-corrected chi connectivity index (χ2v) is 3.99. The summed E-state index contributed by atoms with van der Waals surface area (Å²) in [7, 11) is 0. The number of halogens is 1. The van der Waals surface area contributed by atoms with Crippen molar-refractivity contribution in [3.05, 3.63) is 65.7 Å². The van der Waals surface area contributed by atoms with Crippen molar-refractivity contribution in [3.8, 4) is 0 Å². The highest BCUT2D eigenvalue weighted by molar-refractivity contribution is 5.94. The van der Waals surface area contributed by atoms with E-state index in [1.807, 2.05) is 6.92 Å². The molecular weight excluding hydrogens is 231 g/mol. The van der Waals surface area contributed by atoms with Gasteiger partial charge >= 0.3 is 0 Å². The van der Waals surface area contributed by atoms with Gasteiger partial charge in [-0.2, -0.15) is 0 Å². The van der Waals surface area contributed by atoms with Crippen LogP contribution in [0.15, 0.2) is 48.8 Å². The fourth-order valence-corrected chi connectivity index (χ4v) is 1.64. The quantitative estimate of drug-likeness (QED) is 0.902. The van der Waals surface area contributed by atoms with E-state index < -0.39 is 0 Å². The van der Waals surface area contributed by atoms with Crippen LogP contribution >= 0.6 is 0 Å². The van der Waals surface area contributed by atoms with Crippen molar-refractivity contribution in [2.45, 2.75) is 13.0 Å². The molecule has 0 radical (unpaired) electrons. The molecule has 1 aromatic carbocycles. The number of rotatable bonds is 3. The van der Waals surface area contributed by atoms with E-state index in [1.54, 1.807) is 30.5 Å². The Bertz CT molecular complexity index is 543. The topological polar surface area (TPSA) is 42.0 Å². The monoisotopic (exact) mass is 244 g/mol. The Balaban J connectivity index is 2.08. The highest BCUT2D eigenvalue weighted by Crippen LogP contribution is 2.14. The number of nitrogens with zero attached hydrogens (tertiary/aromatic N) is 1. The number of hydrogen-bond acceptors (Lipinski definition) is 2. The Morgan fingerprint density at radius 2 is 2.17 bits per heavy atom. The van der Waals surface area contributed by atoms with Crippen molar-refractivity contribution in [1.29, 1.82) is 0 Å². The van der Waals surface area contributed by atoms with E-state index in [9.17, 15) is 9.18 Å². The summed E-state index contributed by atoms with van der Waals surface area (Å²) in [5.41, 5.74) is 1.22. The van der Waals surface area contributed by atoms with E-state index >= 15 is 0 Å². The Morgan fingerprint density at radius 1 is 1.33 bits per heavy atom. The standard InChI is InChI=1S/C14H13FN2O/c1-10(11-4-2-6-13(15)8-11)17-14(18)12-5-3-7-16-9-12/h2-10H,1H3,(H,17,18)/t10-/m1/s1. The van der Waals surface area contributed by atoms with Gasteiger partial charge in [0.15, 0.2) is 0 Å². The van der Waals surface area contributed by atoms with E-state index in [2.05, 4.69) is 10.3 Å². The summed E-state index contributed by atoms with van der Waals surface area (Å²) in [6.45, 7) is 1.81.